The summed E-state index contributed by atoms with van der Waals surface area (Å²) in [6, 6.07) is 30.6. The van der Waals surface area contributed by atoms with Crippen LogP contribution in [-0.4, -0.2) is 25.9 Å². The molecular formula is C29H24BrN3O3S2. The SMILES string of the molecule is CCN(c1ccccc1)S(=O)(=O)c1ccc(C(=O)N(Cc2ccccc2)c2nc3ccc(Br)cc3s2)cc1. The first-order valence-corrected chi connectivity index (χ1v) is 15.0. The average molecular weight is 607 g/mol. The third-order valence-corrected chi connectivity index (χ3v) is 9.47. The third kappa shape index (κ3) is 5.36. The van der Waals surface area contributed by atoms with Crippen LogP contribution in [0, 0.1) is 0 Å². The molecule has 0 aliphatic rings. The quantitative estimate of drug-likeness (QED) is 0.189. The number of hydrogen-bond donors (Lipinski definition) is 0. The highest BCUT2D eigenvalue weighted by molar-refractivity contribution is 9.10. The fraction of sp³-hybridized carbons (Fsp3) is 0.103. The Morgan fingerprint density at radius 3 is 2.21 bits per heavy atom. The number of para-hydroxylation sites is 1. The zero-order chi connectivity index (χ0) is 26.7. The Morgan fingerprint density at radius 2 is 1.55 bits per heavy atom. The summed E-state index contributed by atoms with van der Waals surface area (Å²) in [6.07, 6.45) is 0. The Bertz CT molecular complexity index is 1670. The Labute approximate surface area is 234 Å². The molecule has 6 nitrogen and oxygen atoms in total. The second-order valence-corrected chi connectivity index (χ2v) is 12.3. The van der Waals surface area contributed by atoms with Gasteiger partial charge in [0.1, 0.15) is 0 Å². The molecule has 0 unspecified atom stereocenters. The molecule has 0 saturated heterocycles. The molecule has 4 aromatic carbocycles. The molecule has 5 rings (SSSR count). The highest BCUT2D eigenvalue weighted by Gasteiger charge is 2.26. The van der Waals surface area contributed by atoms with Gasteiger partial charge in [-0.15, -0.1) is 0 Å². The van der Waals surface area contributed by atoms with Gasteiger partial charge in [0.2, 0.25) is 0 Å². The molecule has 5 aromatic rings. The molecule has 0 radical (unpaired) electrons. The van der Waals surface area contributed by atoms with Gasteiger partial charge in [0.25, 0.3) is 15.9 Å². The Hall–Kier alpha value is -3.53. The number of hydrogen-bond acceptors (Lipinski definition) is 5. The van der Waals surface area contributed by atoms with Crippen LogP contribution in [0.15, 0.2) is 112 Å². The Balaban J connectivity index is 1.48. The minimum atomic E-state index is -3.80. The number of carbonyl (C=O) groups is 1. The molecule has 0 bridgehead atoms. The van der Waals surface area contributed by atoms with Gasteiger partial charge in [-0.25, -0.2) is 13.4 Å². The van der Waals surface area contributed by atoms with Gasteiger partial charge < -0.3 is 0 Å². The van der Waals surface area contributed by atoms with Crippen LogP contribution in [-0.2, 0) is 16.6 Å². The van der Waals surface area contributed by atoms with Crippen molar-refractivity contribution in [3.63, 3.8) is 0 Å². The minimum Gasteiger partial charge on any atom is -0.279 e. The molecule has 1 amide bonds. The number of halogens is 1. The first kappa shape index (κ1) is 26.1. The number of nitrogens with zero attached hydrogens (tertiary/aromatic N) is 3. The largest absolute Gasteiger partial charge is 0.279 e. The summed E-state index contributed by atoms with van der Waals surface area (Å²) in [6.45, 7) is 2.41. The third-order valence-electron chi connectivity index (χ3n) is 6.02. The highest BCUT2D eigenvalue weighted by Crippen LogP contribution is 2.33. The predicted octanol–water partition coefficient (Wildman–Crippen LogP) is 7.12. The summed E-state index contributed by atoms with van der Waals surface area (Å²) in [4.78, 5) is 20.3. The average Bonchev–Trinajstić information content (AvgIpc) is 3.36. The van der Waals surface area contributed by atoms with E-state index in [1.165, 1.54) is 27.8 Å². The van der Waals surface area contributed by atoms with E-state index in [4.69, 9.17) is 4.98 Å². The standard InChI is InChI=1S/C29H24BrN3O3S2/c1-2-33(24-11-7-4-8-12-24)38(35,36)25-16-13-22(14-17-25)28(34)32(20-21-9-5-3-6-10-21)29-31-26-18-15-23(30)19-27(26)37-29/h3-19H,2,20H2,1H3. The zero-order valence-electron chi connectivity index (χ0n) is 20.5. The van der Waals surface area contributed by atoms with Crippen LogP contribution in [0.2, 0.25) is 0 Å². The first-order valence-electron chi connectivity index (χ1n) is 12.0. The van der Waals surface area contributed by atoms with Gasteiger partial charge in [0, 0.05) is 16.6 Å². The van der Waals surface area contributed by atoms with Crippen molar-refractivity contribution in [2.45, 2.75) is 18.4 Å². The summed E-state index contributed by atoms with van der Waals surface area (Å²) in [5.74, 6) is -0.258. The number of thiazole rings is 1. The maximum absolute atomic E-state index is 13.8. The van der Waals surface area contributed by atoms with Crippen molar-refractivity contribution >= 4 is 64.2 Å². The topological polar surface area (TPSA) is 70.6 Å². The molecule has 0 spiro atoms. The number of anilines is 2. The number of aromatic nitrogens is 1. The molecule has 0 fully saturated rings. The zero-order valence-corrected chi connectivity index (χ0v) is 23.7. The molecule has 192 valence electrons. The number of rotatable bonds is 8. The first-order chi connectivity index (χ1) is 18.4. The van der Waals surface area contributed by atoms with Crippen LogP contribution < -0.4 is 9.21 Å². The lowest BCUT2D eigenvalue weighted by molar-refractivity contribution is 0.0985. The van der Waals surface area contributed by atoms with Crippen molar-refractivity contribution in [3.05, 3.63) is 119 Å². The normalized spacial score (nSPS) is 11.4. The van der Waals surface area contributed by atoms with Gasteiger partial charge in [-0.3, -0.25) is 14.0 Å². The molecule has 0 saturated carbocycles. The summed E-state index contributed by atoms with van der Waals surface area (Å²) in [7, 11) is -3.80. The summed E-state index contributed by atoms with van der Waals surface area (Å²) >= 11 is 4.93. The molecule has 0 aliphatic carbocycles. The second-order valence-electron chi connectivity index (χ2n) is 8.52. The van der Waals surface area contributed by atoms with E-state index in [0.717, 1.165) is 20.3 Å². The van der Waals surface area contributed by atoms with Crippen LogP contribution in [0.5, 0.6) is 0 Å². The van der Waals surface area contributed by atoms with Crippen molar-refractivity contribution in [2.75, 3.05) is 15.7 Å². The molecule has 38 heavy (non-hydrogen) atoms. The van der Waals surface area contributed by atoms with E-state index in [2.05, 4.69) is 15.9 Å². The van der Waals surface area contributed by atoms with Crippen molar-refractivity contribution < 1.29 is 13.2 Å². The van der Waals surface area contributed by atoms with Crippen LogP contribution in [0.1, 0.15) is 22.8 Å². The lowest BCUT2D eigenvalue weighted by Gasteiger charge is -2.23. The summed E-state index contributed by atoms with van der Waals surface area (Å²) in [5, 5.41) is 0.574. The number of carbonyl (C=O) groups excluding carboxylic acids is 1. The lowest BCUT2D eigenvalue weighted by atomic mass is 10.1. The van der Waals surface area contributed by atoms with Crippen molar-refractivity contribution in [1.82, 2.24) is 4.98 Å². The minimum absolute atomic E-state index is 0.124. The van der Waals surface area contributed by atoms with E-state index in [-0.39, 0.29) is 17.3 Å². The van der Waals surface area contributed by atoms with Crippen molar-refractivity contribution in [1.29, 1.82) is 0 Å². The van der Waals surface area contributed by atoms with Gasteiger partial charge in [-0.1, -0.05) is 75.8 Å². The van der Waals surface area contributed by atoms with E-state index >= 15 is 0 Å². The molecule has 0 N–H and O–H groups in total. The summed E-state index contributed by atoms with van der Waals surface area (Å²) < 4.78 is 30.0. The fourth-order valence-electron chi connectivity index (χ4n) is 4.13. The molecule has 1 aromatic heterocycles. The molecule has 9 heteroatoms. The van der Waals surface area contributed by atoms with E-state index in [0.29, 0.717) is 22.9 Å². The molecule has 0 aliphatic heterocycles. The van der Waals surface area contributed by atoms with E-state index in [1.54, 1.807) is 48.2 Å². The van der Waals surface area contributed by atoms with Crippen LogP contribution in [0.3, 0.4) is 0 Å². The fourth-order valence-corrected chi connectivity index (χ4v) is 7.12. The van der Waals surface area contributed by atoms with E-state index < -0.39 is 10.0 Å². The van der Waals surface area contributed by atoms with Gasteiger partial charge in [-0.05, 0) is 67.1 Å². The molecular weight excluding hydrogens is 582 g/mol. The number of sulfonamides is 1. The predicted molar refractivity (Wildman–Crippen MR) is 157 cm³/mol. The van der Waals surface area contributed by atoms with Crippen molar-refractivity contribution in [3.8, 4) is 0 Å². The van der Waals surface area contributed by atoms with Crippen molar-refractivity contribution in [2.24, 2.45) is 0 Å². The molecule has 1 heterocycles. The second kappa shape index (κ2) is 11.1. The van der Waals surface area contributed by atoms with E-state index in [1.807, 2.05) is 54.6 Å². The van der Waals surface area contributed by atoms with Crippen LogP contribution >= 0.6 is 27.3 Å². The van der Waals surface area contributed by atoms with E-state index in [9.17, 15) is 13.2 Å². The smallest absolute Gasteiger partial charge is 0.264 e. The monoisotopic (exact) mass is 605 g/mol. The van der Waals surface area contributed by atoms with Crippen LogP contribution in [0.25, 0.3) is 10.2 Å². The number of amides is 1. The maximum Gasteiger partial charge on any atom is 0.264 e. The number of fused-ring (bicyclic) bond motifs is 1. The maximum atomic E-state index is 13.8. The number of benzene rings is 4. The highest BCUT2D eigenvalue weighted by atomic mass is 79.9. The van der Waals surface area contributed by atoms with Gasteiger partial charge >= 0.3 is 0 Å². The Kier molecular flexibility index (Phi) is 7.60. The Morgan fingerprint density at radius 1 is 0.895 bits per heavy atom. The lowest BCUT2D eigenvalue weighted by Crippen LogP contribution is -2.31. The van der Waals surface area contributed by atoms with Crippen LogP contribution in [0.4, 0.5) is 10.8 Å². The molecule has 0 atom stereocenters. The van der Waals surface area contributed by atoms with Gasteiger partial charge in [-0.2, -0.15) is 0 Å². The van der Waals surface area contributed by atoms with Gasteiger partial charge in [0.15, 0.2) is 5.13 Å². The van der Waals surface area contributed by atoms with Gasteiger partial charge in [0.05, 0.1) is 27.3 Å². The summed E-state index contributed by atoms with van der Waals surface area (Å²) in [5.41, 5.74) is 2.73.